The Hall–Kier alpha value is -2.23. The van der Waals surface area contributed by atoms with E-state index in [1.807, 2.05) is 20.0 Å². The van der Waals surface area contributed by atoms with Crippen LogP contribution in [-0.2, 0) is 9.47 Å². The number of nitrogens with one attached hydrogen (secondary N) is 1. The highest BCUT2D eigenvalue weighted by atomic mass is 32.1. The summed E-state index contributed by atoms with van der Waals surface area (Å²) in [5.74, 6) is 0.456. The molecule has 1 N–H and O–H groups in total. The Kier molecular flexibility index (Phi) is 7.79. The zero-order chi connectivity index (χ0) is 20.6. The molecule has 0 unspecified atom stereocenters. The lowest BCUT2D eigenvalue weighted by Crippen LogP contribution is -2.35. The molecule has 9 heteroatoms. The standard InChI is InChI=1S/C20H28N4O4S/c1-4-24(9-6-10-27-5-2)20(25)23-19-22-16-17(29-19)15(13-21-18(16)26-3)14-7-11-28-12-8-14/h7,13H,4-6,8-12H2,1-3H3,(H,22,23,25). The number of anilines is 1. The molecule has 0 saturated heterocycles. The first kappa shape index (κ1) is 21.5. The Bertz CT molecular complexity index is 868. The van der Waals surface area contributed by atoms with E-state index in [0.29, 0.717) is 56.0 Å². The van der Waals surface area contributed by atoms with Crippen molar-refractivity contribution in [3.8, 4) is 5.88 Å². The summed E-state index contributed by atoms with van der Waals surface area (Å²) in [5, 5.41) is 3.47. The van der Waals surface area contributed by atoms with E-state index in [4.69, 9.17) is 14.2 Å². The number of fused-ring (bicyclic) bond motifs is 1. The molecule has 0 atom stereocenters. The number of ether oxygens (including phenoxy) is 3. The molecule has 0 fully saturated rings. The zero-order valence-electron chi connectivity index (χ0n) is 17.2. The van der Waals surface area contributed by atoms with Gasteiger partial charge in [-0.15, -0.1) is 0 Å². The van der Waals surface area contributed by atoms with Gasteiger partial charge >= 0.3 is 6.03 Å². The maximum absolute atomic E-state index is 12.7. The van der Waals surface area contributed by atoms with Crippen LogP contribution < -0.4 is 10.1 Å². The van der Waals surface area contributed by atoms with E-state index in [1.165, 1.54) is 16.9 Å². The minimum Gasteiger partial charge on any atom is -0.479 e. The van der Waals surface area contributed by atoms with Gasteiger partial charge in [-0.1, -0.05) is 17.4 Å². The number of pyridine rings is 1. The third kappa shape index (κ3) is 5.23. The van der Waals surface area contributed by atoms with Gasteiger partial charge in [0.25, 0.3) is 0 Å². The lowest BCUT2D eigenvalue weighted by molar-refractivity contribution is 0.136. The summed E-state index contributed by atoms with van der Waals surface area (Å²) in [4.78, 5) is 23.4. The first-order chi connectivity index (χ1) is 14.2. The van der Waals surface area contributed by atoms with Gasteiger partial charge in [0, 0.05) is 38.1 Å². The van der Waals surface area contributed by atoms with Gasteiger partial charge in [0.05, 0.1) is 25.0 Å². The summed E-state index contributed by atoms with van der Waals surface area (Å²) in [6.45, 7) is 7.79. The lowest BCUT2D eigenvalue weighted by Gasteiger charge is -2.20. The average molecular weight is 421 g/mol. The molecule has 0 radical (unpaired) electrons. The van der Waals surface area contributed by atoms with E-state index in [0.717, 1.165) is 23.1 Å². The molecule has 0 aromatic carbocycles. The second-order valence-electron chi connectivity index (χ2n) is 6.49. The minimum absolute atomic E-state index is 0.165. The van der Waals surface area contributed by atoms with Gasteiger partial charge < -0.3 is 19.1 Å². The fourth-order valence-corrected chi connectivity index (χ4v) is 4.16. The summed E-state index contributed by atoms with van der Waals surface area (Å²) in [6.07, 6.45) is 5.51. The van der Waals surface area contributed by atoms with Crippen LogP contribution in [0.4, 0.5) is 9.93 Å². The quantitative estimate of drug-likeness (QED) is 0.621. The highest BCUT2D eigenvalue weighted by Gasteiger charge is 2.20. The van der Waals surface area contributed by atoms with Gasteiger partial charge in [0.1, 0.15) is 5.52 Å². The van der Waals surface area contributed by atoms with Crippen molar-refractivity contribution < 1.29 is 19.0 Å². The number of nitrogens with zero attached hydrogens (tertiary/aromatic N) is 3. The van der Waals surface area contributed by atoms with Crippen molar-refractivity contribution in [2.75, 3.05) is 51.9 Å². The van der Waals surface area contributed by atoms with Crippen molar-refractivity contribution in [3.05, 3.63) is 17.8 Å². The van der Waals surface area contributed by atoms with Gasteiger partial charge in [-0.25, -0.2) is 14.8 Å². The summed E-state index contributed by atoms with van der Waals surface area (Å²) < 4.78 is 17.1. The van der Waals surface area contributed by atoms with Crippen LogP contribution >= 0.6 is 11.3 Å². The molecule has 0 saturated carbocycles. The summed E-state index contributed by atoms with van der Waals surface area (Å²) in [5.41, 5.74) is 2.87. The van der Waals surface area contributed by atoms with Gasteiger partial charge in [-0.3, -0.25) is 5.32 Å². The van der Waals surface area contributed by atoms with Gasteiger partial charge in [0.15, 0.2) is 5.13 Å². The number of hydrogen-bond donors (Lipinski definition) is 1. The third-order valence-electron chi connectivity index (χ3n) is 4.69. The van der Waals surface area contributed by atoms with Crippen LogP contribution in [-0.4, -0.2) is 67.5 Å². The number of thiazole rings is 1. The van der Waals surface area contributed by atoms with Crippen molar-refractivity contribution in [3.63, 3.8) is 0 Å². The fraction of sp³-hybridized carbons (Fsp3) is 0.550. The van der Waals surface area contributed by atoms with Crippen LogP contribution in [0.2, 0.25) is 0 Å². The number of hydrogen-bond acceptors (Lipinski definition) is 7. The number of rotatable bonds is 9. The van der Waals surface area contributed by atoms with Crippen molar-refractivity contribution in [2.45, 2.75) is 26.7 Å². The van der Waals surface area contributed by atoms with Gasteiger partial charge in [0.2, 0.25) is 5.88 Å². The van der Waals surface area contributed by atoms with Crippen molar-refractivity contribution >= 4 is 38.3 Å². The van der Waals surface area contributed by atoms with E-state index in [1.54, 1.807) is 12.0 Å². The summed E-state index contributed by atoms with van der Waals surface area (Å²) in [7, 11) is 1.57. The van der Waals surface area contributed by atoms with Crippen molar-refractivity contribution in [1.29, 1.82) is 0 Å². The van der Waals surface area contributed by atoms with E-state index in [9.17, 15) is 4.79 Å². The molecule has 0 aliphatic carbocycles. The Morgan fingerprint density at radius 2 is 2.28 bits per heavy atom. The number of carbonyl (C=O) groups is 1. The molecule has 2 aromatic heterocycles. The fourth-order valence-electron chi connectivity index (χ4n) is 3.17. The summed E-state index contributed by atoms with van der Waals surface area (Å²) >= 11 is 1.44. The SMILES string of the molecule is CCOCCCN(CC)C(=O)Nc1nc2c(OC)ncc(C3=CCOCC3)c2s1. The van der Waals surface area contributed by atoms with E-state index >= 15 is 0 Å². The molecule has 0 spiro atoms. The highest BCUT2D eigenvalue weighted by Crippen LogP contribution is 2.37. The highest BCUT2D eigenvalue weighted by molar-refractivity contribution is 7.22. The number of carbonyl (C=O) groups excluding carboxylic acids is 1. The second kappa shape index (κ2) is 10.5. The normalized spacial score (nSPS) is 14.0. The van der Waals surface area contributed by atoms with Crippen LogP contribution in [0, 0.1) is 0 Å². The van der Waals surface area contributed by atoms with Crippen molar-refractivity contribution in [2.24, 2.45) is 0 Å². The molecule has 158 valence electrons. The predicted octanol–water partition coefficient (Wildman–Crippen LogP) is 3.78. The molecule has 29 heavy (non-hydrogen) atoms. The van der Waals surface area contributed by atoms with Crippen LogP contribution in [0.15, 0.2) is 12.3 Å². The van der Waals surface area contributed by atoms with Crippen LogP contribution in [0.5, 0.6) is 5.88 Å². The van der Waals surface area contributed by atoms with Crippen molar-refractivity contribution in [1.82, 2.24) is 14.9 Å². The molecule has 2 amide bonds. The summed E-state index contributed by atoms with van der Waals surface area (Å²) in [6, 6.07) is -0.165. The number of urea groups is 1. The lowest BCUT2D eigenvalue weighted by atomic mass is 10.0. The van der Waals surface area contributed by atoms with Gasteiger partial charge in [-0.05, 0) is 32.3 Å². The smallest absolute Gasteiger partial charge is 0.323 e. The zero-order valence-corrected chi connectivity index (χ0v) is 18.0. The Balaban J connectivity index is 1.80. The molecular formula is C20H28N4O4S. The molecule has 8 nitrogen and oxygen atoms in total. The molecule has 2 aromatic rings. The molecule has 3 heterocycles. The largest absolute Gasteiger partial charge is 0.479 e. The first-order valence-corrected chi connectivity index (χ1v) is 10.7. The number of amides is 2. The van der Waals surface area contributed by atoms with Gasteiger partial charge in [-0.2, -0.15) is 0 Å². The first-order valence-electron chi connectivity index (χ1n) is 9.92. The van der Waals surface area contributed by atoms with E-state index in [-0.39, 0.29) is 6.03 Å². The second-order valence-corrected chi connectivity index (χ2v) is 7.49. The van der Waals surface area contributed by atoms with E-state index in [2.05, 4.69) is 21.4 Å². The van der Waals surface area contributed by atoms with E-state index < -0.39 is 0 Å². The third-order valence-corrected chi connectivity index (χ3v) is 5.70. The molecule has 0 bridgehead atoms. The maximum Gasteiger partial charge on any atom is 0.323 e. The maximum atomic E-state index is 12.7. The molecular weight excluding hydrogens is 392 g/mol. The molecule has 1 aliphatic rings. The Labute approximate surface area is 174 Å². The topological polar surface area (TPSA) is 85.8 Å². The number of methoxy groups -OCH3 is 1. The molecule has 3 rings (SSSR count). The Morgan fingerprint density at radius 1 is 1.41 bits per heavy atom. The Morgan fingerprint density at radius 3 is 2.97 bits per heavy atom. The van der Waals surface area contributed by atoms with Crippen LogP contribution in [0.3, 0.4) is 0 Å². The minimum atomic E-state index is -0.165. The molecule has 1 aliphatic heterocycles. The van der Waals surface area contributed by atoms with Crippen LogP contribution in [0.25, 0.3) is 15.8 Å². The monoisotopic (exact) mass is 420 g/mol. The predicted molar refractivity (Wildman–Crippen MR) is 115 cm³/mol. The number of aromatic nitrogens is 2. The van der Waals surface area contributed by atoms with Crippen LogP contribution in [0.1, 0.15) is 32.3 Å². The average Bonchev–Trinajstić information content (AvgIpc) is 3.17.